The van der Waals surface area contributed by atoms with Crippen LogP contribution in [0.1, 0.15) is 6.42 Å². The minimum Gasteiger partial charge on any atom is -0.352 e. The van der Waals surface area contributed by atoms with E-state index in [1.54, 1.807) is 4.90 Å². The molecule has 1 aromatic rings. The number of nitrogens with zero attached hydrogens (tertiary/aromatic N) is 3. The van der Waals surface area contributed by atoms with Gasteiger partial charge in [0, 0.05) is 24.7 Å². The molecule has 28 heavy (non-hydrogen) atoms. The maximum atomic E-state index is 12.9. The van der Waals surface area contributed by atoms with Gasteiger partial charge in [0.15, 0.2) is 6.17 Å². The lowest BCUT2D eigenvalue weighted by molar-refractivity contribution is -0.692. The van der Waals surface area contributed by atoms with Crippen LogP contribution in [0.15, 0.2) is 41.8 Å². The first-order valence-electron chi connectivity index (χ1n) is 8.51. The Bertz CT molecular complexity index is 815. The number of carbonyl (C=O) groups is 1. The van der Waals surface area contributed by atoms with Gasteiger partial charge in [0.25, 0.3) is 0 Å². The first kappa shape index (κ1) is 20.4. The van der Waals surface area contributed by atoms with Gasteiger partial charge in [0.05, 0.1) is 17.9 Å². The molecule has 3 rings (SSSR count). The summed E-state index contributed by atoms with van der Waals surface area (Å²) in [4.78, 5) is 24.0. The van der Waals surface area contributed by atoms with Crippen molar-refractivity contribution >= 4 is 21.8 Å². The van der Waals surface area contributed by atoms with E-state index < -0.39 is 15.1 Å². The van der Waals surface area contributed by atoms with Gasteiger partial charge in [-0.05, 0) is 30.3 Å². The number of hydrogen-bond donors (Lipinski definition) is 1. The van der Waals surface area contributed by atoms with Crippen molar-refractivity contribution in [3.8, 4) is 0 Å². The Morgan fingerprint density at radius 2 is 1.86 bits per heavy atom. The summed E-state index contributed by atoms with van der Waals surface area (Å²) in [7, 11) is -9.74. The zero-order chi connectivity index (χ0) is 20.8. The SMILES string of the molecule is C=CC(=O)NCC1CN(c2ccc(S(F)(F)(F)(F)F)cc2)C2CC[N+](=O)N2C1. The number of rotatable bonds is 5. The molecule has 156 valence electrons. The first-order valence-corrected chi connectivity index (χ1v) is 10.5. The highest BCUT2D eigenvalue weighted by molar-refractivity contribution is 8.45. The smallest absolute Gasteiger partial charge is 0.310 e. The number of anilines is 1. The third-order valence-electron chi connectivity index (χ3n) is 4.83. The number of fused-ring (bicyclic) bond motifs is 1. The Labute approximate surface area is 158 Å². The minimum absolute atomic E-state index is 0.190. The molecule has 1 amide bonds. The number of carbonyl (C=O) groups excluding carboxylic acids is 1. The molecule has 2 unspecified atom stereocenters. The van der Waals surface area contributed by atoms with E-state index in [2.05, 4.69) is 11.9 Å². The summed E-state index contributed by atoms with van der Waals surface area (Å²) in [6.45, 7) is 4.52. The standard InChI is InChI=1S/C16H19F5N4O2S/c1-2-15(26)22-9-12-10-23(16-7-8-25(27)24(16)11-12)13-3-5-14(6-4-13)28(17,18,19,20)21/h2-6,12,16H,1,7-11H2/p+1. The second-order valence-electron chi connectivity index (χ2n) is 6.90. The van der Waals surface area contributed by atoms with Gasteiger partial charge < -0.3 is 10.2 Å². The van der Waals surface area contributed by atoms with E-state index in [1.807, 2.05) is 0 Å². The van der Waals surface area contributed by atoms with Gasteiger partial charge >= 0.3 is 10.2 Å². The molecule has 0 aromatic heterocycles. The molecule has 1 N–H and O–H groups in total. The molecular weight excluding hydrogens is 407 g/mol. The van der Waals surface area contributed by atoms with Crippen LogP contribution in [0.5, 0.6) is 0 Å². The predicted molar refractivity (Wildman–Crippen MR) is 95.5 cm³/mol. The van der Waals surface area contributed by atoms with Crippen LogP contribution in [0.3, 0.4) is 0 Å². The summed E-state index contributed by atoms with van der Waals surface area (Å²) in [5, 5.41) is 4.17. The summed E-state index contributed by atoms with van der Waals surface area (Å²) >= 11 is 0. The Kier molecular flexibility index (Phi) is 4.41. The number of nitrogens with one attached hydrogen (secondary N) is 1. The lowest BCUT2D eigenvalue weighted by Gasteiger charge is -2.42. The molecule has 2 fully saturated rings. The molecule has 6 nitrogen and oxygen atoms in total. The van der Waals surface area contributed by atoms with E-state index in [0.29, 0.717) is 37.3 Å². The highest BCUT2D eigenvalue weighted by Crippen LogP contribution is 3.02. The van der Waals surface area contributed by atoms with E-state index in [1.165, 1.54) is 5.01 Å². The third-order valence-corrected chi connectivity index (χ3v) is 6.00. The molecule has 2 saturated heterocycles. The summed E-state index contributed by atoms with van der Waals surface area (Å²) in [5.41, 5.74) is 0.302. The van der Waals surface area contributed by atoms with Crippen molar-refractivity contribution in [1.82, 2.24) is 10.3 Å². The quantitative estimate of drug-likeness (QED) is 0.441. The molecule has 2 aliphatic rings. The van der Waals surface area contributed by atoms with Crippen molar-refractivity contribution in [3.05, 3.63) is 41.8 Å². The fourth-order valence-corrected chi connectivity index (χ4v) is 4.17. The lowest BCUT2D eigenvalue weighted by atomic mass is 10.0. The highest BCUT2D eigenvalue weighted by atomic mass is 32.5. The minimum atomic E-state index is -9.74. The summed E-state index contributed by atoms with van der Waals surface area (Å²) in [6.07, 6.45) is 1.19. The zero-order valence-corrected chi connectivity index (χ0v) is 15.6. The summed E-state index contributed by atoms with van der Waals surface area (Å²) in [5.74, 6) is -0.570. The van der Waals surface area contributed by atoms with Gasteiger partial charge in [-0.25, -0.2) is 0 Å². The van der Waals surface area contributed by atoms with E-state index in [-0.39, 0.29) is 31.1 Å². The molecule has 2 aliphatic heterocycles. The van der Waals surface area contributed by atoms with Crippen LogP contribution in [-0.2, 0) is 4.79 Å². The van der Waals surface area contributed by atoms with Crippen molar-refractivity contribution in [2.24, 2.45) is 5.92 Å². The van der Waals surface area contributed by atoms with E-state index in [0.717, 1.165) is 23.1 Å². The van der Waals surface area contributed by atoms with Crippen LogP contribution in [0.4, 0.5) is 25.1 Å². The second-order valence-corrected chi connectivity index (χ2v) is 9.31. The predicted octanol–water partition coefficient (Wildman–Crippen LogP) is 3.81. The number of hydrazine groups is 1. The van der Waals surface area contributed by atoms with Gasteiger partial charge in [0.1, 0.15) is 9.76 Å². The molecule has 2 atom stereocenters. The Morgan fingerprint density at radius 3 is 2.43 bits per heavy atom. The monoisotopic (exact) mass is 427 g/mol. The summed E-state index contributed by atoms with van der Waals surface area (Å²) < 4.78 is 64.7. The van der Waals surface area contributed by atoms with Crippen molar-refractivity contribution in [3.63, 3.8) is 0 Å². The number of hydrogen-bond acceptors (Lipinski definition) is 3. The van der Waals surface area contributed by atoms with E-state index >= 15 is 0 Å². The third kappa shape index (κ3) is 4.21. The second kappa shape index (κ2) is 6.06. The van der Waals surface area contributed by atoms with Gasteiger partial charge in [-0.15, -0.1) is 5.01 Å². The molecule has 0 aliphatic carbocycles. The van der Waals surface area contributed by atoms with Gasteiger partial charge in [0.2, 0.25) is 12.5 Å². The van der Waals surface area contributed by atoms with Gasteiger partial charge in [-0.1, -0.05) is 26.0 Å². The molecule has 12 heteroatoms. The van der Waals surface area contributed by atoms with Crippen LogP contribution >= 0.6 is 10.2 Å². The van der Waals surface area contributed by atoms with Crippen LogP contribution < -0.4 is 10.2 Å². The van der Waals surface area contributed by atoms with Crippen LogP contribution in [0.25, 0.3) is 0 Å². The fraction of sp³-hybridized carbons (Fsp3) is 0.438. The molecule has 0 radical (unpaired) electrons. The zero-order valence-electron chi connectivity index (χ0n) is 14.7. The van der Waals surface area contributed by atoms with Crippen molar-refractivity contribution in [1.29, 1.82) is 0 Å². The van der Waals surface area contributed by atoms with Crippen molar-refractivity contribution in [2.45, 2.75) is 17.5 Å². The lowest BCUT2D eigenvalue weighted by Crippen LogP contribution is -2.57. The number of benzene rings is 1. The van der Waals surface area contributed by atoms with E-state index in [9.17, 15) is 29.1 Å². The average molecular weight is 427 g/mol. The number of amides is 1. The van der Waals surface area contributed by atoms with Crippen LogP contribution in [0.2, 0.25) is 0 Å². The molecule has 0 saturated carbocycles. The molecule has 0 bridgehead atoms. The maximum Gasteiger partial charge on any atom is 0.310 e. The van der Waals surface area contributed by atoms with Crippen LogP contribution in [-0.4, -0.2) is 48.1 Å². The van der Waals surface area contributed by atoms with E-state index in [4.69, 9.17) is 0 Å². The maximum absolute atomic E-state index is 12.9. The fourth-order valence-electron chi connectivity index (χ4n) is 3.52. The topological polar surface area (TPSA) is 55.7 Å². The Hall–Kier alpha value is -2.37. The molecule has 1 aromatic carbocycles. The first-order chi connectivity index (χ1) is 12.8. The number of halogens is 5. The Morgan fingerprint density at radius 1 is 1.21 bits per heavy atom. The van der Waals surface area contributed by atoms with Gasteiger partial charge in [-0.2, -0.15) is 0 Å². The highest BCUT2D eigenvalue weighted by Gasteiger charge is 2.65. The van der Waals surface area contributed by atoms with Crippen LogP contribution in [0, 0.1) is 10.8 Å². The normalized spacial score (nSPS) is 25.0. The van der Waals surface area contributed by atoms with Crippen molar-refractivity contribution < 1.29 is 29.1 Å². The van der Waals surface area contributed by atoms with Gasteiger partial charge in [-0.3, -0.25) is 4.79 Å². The summed E-state index contributed by atoms with van der Waals surface area (Å²) in [6, 6.07) is 2.72. The number of nitroso groups, excluding NO2 is 1. The van der Waals surface area contributed by atoms with Crippen molar-refractivity contribution in [2.75, 3.05) is 31.1 Å². The molecule has 0 spiro atoms. The average Bonchev–Trinajstić information content (AvgIpc) is 2.98. The molecule has 2 heterocycles. The molecular formula is C16H20F5N4O2S+. The Balaban J connectivity index is 1.85. The largest absolute Gasteiger partial charge is 0.352 e.